The van der Waals surface area contributed by atoms with Gasteiger partial charge in [0.1, 0.15) is 0 Å². The van der Waals surface area contributed by atoms with Crippen molar-refractivity contribution in [2.24, 2.45) is 0 Å². The Bertz CT molecular complexity index is 936. The molecule has 0 bridgehead atoms. The van der Waals surface area contributed by atoms with E-state index in [0.717, 1.165) is 12.0 Å². The van der Waals surface area contributed by atoms with E-state index in [-0.39, 0.29) is 12.1 Å². The number of hydrogen-bond donors (Lipinski definition) is 2. The highest BCUT2D eigenvalue weighted by Gasteiger charge is 2.20. The predicted molar refractivity (Wildman–Crippen MR) is 113 cm³/mol. The molecule has 150 valence electrons. The lowest BCUT2D eigenvalue weighted by atomic mass is 9.99. The molecule has 0 aliphatic heterocycles. The molecule has 3 aromatic rings. The van der Waals surface area contributed by atoms with Crippen molar-refractivity contribution in [3.8, 4) is 0 Å². The third-order valence-corrected chi connectivity index (χ3v) is 4.67. The highest BCUT2D eigenvalue weighted by molar-refractivity contribution is 6.39. The van der Waals surface area contributed by atoms with Crippen molar-refractivity contribution in [1.29, 1.82) is 0 Å². The van der Waals surface area contributed by atoms with E-state index in [9.17, 15) is 9.59 Å². The second kappa shape index (κ2) is 9.68. The van der Waals surface area contributed by atoms with Gasteiger partial charge in [-0.15, -0.1) is 0 Å². The van der Waals surface area contributed by atoms with Crippen molar-refractivity contribution in [2.45, 2.75) is 38.8 Å². The number of nitrogens with one attached hydrogen (secondary N) is 2. The molecule has 0 radical (unpaired) electrons. The zero-order valence-corrected chi connectivity index (χ0v) is 16.7. The molecular formula is C23H26N4O2. The number of hydrogen-bond acceptors (Lipinski definition) is 3. The smallest absolute Gasteiger partial charge is 0.313 e. The molecule has 0 spiro atoms. The van der Waals surface area contributed by atoms with Crippen LogP contribution in [0.3, 0.4) is 0 Å². The van der Waals surface area contributed by atoms with E-state index in [1.165, 1.54) is 11.8 Å². The fourth-order valence-corrected chi connectivity index (χ4v) is 3.06. The molecule has 0 saturated heterocycles. The molecule has 0 fully saturated rings. The zero-order valence-electron chi connectivity index (χ0n) is 16.7. The van der Waals surface area contributed by atoms with Crippen LogP contribution < -0.4 is 10.6 Å². The number of aromatic nitrogens is 2. The summed E-state index contributed by atoms with van der Waals surface area (Å²) < 4.78 is 1.72. The Hall–Kier alpha value is -3.41. The molecule has 0 saturated carbocycles. The molecule has 0 aliphatic carbocycles. The minimum absolute atomic E-state index is 0.176. The summed E-state index contributed by atoms with van der Waals surface area (Å²) in [6, 6.07) is 19.7. The molecule has 0 aliphatic rings. The van der Waals surface area contributed by atoms with Gasteiger partial charge in [-0.1, -0.05) is 60.7 Å². The van der Waals surface area contributed by atoms with Crippen LogP contribution in [0, 0.1) is 0 Å². The highest BCUT2D eigenvalue weighted by atomic mass is 16.2. The SMILES string of the molecule is CC(C)n1cc(NC(=O)C(=O)NC(CCc2ccccc2)c2ccccc2)cn1. The summed E-state index contributed by atoms with van der Waals surface area (Å²) in [5, 5.41) is 9.66. The van der Waals surface area contributed by atoms with Gasteiger partial charge in [-0.2, -0.15) is 5.10 Å². The third kappa shape index (κ3) is 5.78. The lowest BCUT2D eigenvalue weighted by molar-refractivity contribution is -0.136. The predicted octanol–water partition coefficient (Wildman–Crippen LogP) is 3.89. The fraction of sp³-hybridized carbons (Fsp3) is 0.261. The molecule has 1 aromatic heterocycles. The van der Waals surface area contributed by atoms with Crippen LogP contribution in [0.4, 0.5) is 5.69 Å². The molecule has 2 N–H and O–H groups in total. The molecule has 1 heterocycles. The monoisotopic (exact) mass is 390 g/mol. The normalized spacial score (nSPS) is 11.8. The number of nitrogens with zero attached hydrogens (tertiary/aromatic N) is 2. The summed E-state index contributed by atoms with van der Waals surface area (Å²) in [4.78, 5) is 24.9. The number of carbonyl (C=O) groups excluding carboxylic acids is 2. The maximum absolute atomic E-state index is 12.5. The molecule has 2 amide bonds. The van der Waals surface area contributed by atoms with Gasteiger partial charge < -0.3 is 10.6 Å². The fourth-order valence-electron chi connectivity index (χ4n) is 3.06. The Morgan fingerprint density at radius 2 is 1.62 bits per heavy atom. The number of carbonyl (C=O) groups is 2. The molecule has 1 unspecified atom stereocenters. The number of anilines is 1. The first kappa shape index (κ1) is 20.3. The third-order valence-electron chi connectivity index (χ3n) is 4.67. The molecule has 6 nitrogen and oxygen atoms in total. The molecule has 2 aromatic carbocycles. The second-order valence-electron chi connectivity index (χ2n) is 7.22. The van der Waals surface area contributed by atoms with E-state index in [1.54, 1.807) is 10.9 Å². The molecule has 1 atom stereocenters. The Kier molecular flexibility index (Phi) is 6.79. The first-order chi connectivity index (χ1) is 14.0. The molecule has 3 rings (SSSR count). The average Bonchev–Trinajstić information content (AvgIpc) is 3.21. The van der Waals surface area contributed by atoms with Crippen LogP contribution >= 0.6 is 0 Å². The number of benzene rings is 2. The van der Waals surface area contributed by atoms with Crippen molar-refractivity contribution < 1.29 is 9.59 Å². The van der Waals surface area contributed by atoms with Gasteiger partial charge in [-0.05, 0) is 37.8 Å². The summed E-state index contributed by atoms with van der Waals surface area (Å²) in [5.41, 5.74) is 2.66. The van der Waals surface area contributed by atoms with E-state index in [0.29, 0.717) is 12.1 Å². The standard InChI is InChI=1S/C23H26N4O2/c1-17(2)27-16-20(15-24-27)25-22(28)23(29)26-21(19-11-7-4-8-12-19)14-13-18-9-5-3-6-10-18/h3-12,15-17,21H,13-14H2,1-2H3,(H,25,28)(H,26,29). The molecular weight excluding hydrogens is 364 g/mol. The van der Waals surface area contributed by atoms with Crippen LogP contribution in [0.2, 0.25) is 0 Å². The van der Waals surface area contributed by atoms with Crippen LogP contribution in [0.25, 0.3) is 0 Å². The quantitative estimate of drug-likeness (QED) is 0.601. The van der Waals surface area contributed by atoms with Gasteiger partial charge in [-0.25, -0.2) is 0 Å². The maximum Gasteiger partial charge on any atom is 0.313 e. The van der Waals surface area contributed by atoms with Gasteiger partial charge in [-0.3, -0.25) is 14.3 Å². The van der Waals surface area contributed by atoms with Crippen LogP contribution in [-0.4, -0.2) is 21.6 Å². The van der Waals surface area contributed by atoms with Crippen molar-refractivity contribution in [1.82, 2.24) is 15.1 Å². The van der Waals surface area contributed by atoms with Gasteiger partial charge in [0, 0.05) is 12.2 Å². The summed E-state index contributed by atoms with van der Waals surface area (Å²) in [6.07, 6.45) is 4.73. The van der Waals surface area contributed by atoms with E-state index in [1.807, 2.05) is 62.4 Å². The minimum atomic E-state index is -0.700. The van der Waals surface area contributed by atoms with Crippen molar-refractivity contribution in [3.05, 3.63) is 84.2 Å². The Balaban J connectivity index is 1.65. The molecule has 29 heavy (non-hydrogen) atoms. The van der Waals surface area contributed by atoms with Crippen molar-refractivity contribution in [3.63, 3.8) is 0 Å². The van der Waals surface area contributed by atoms with Gasteiger partial charge in [0.15, 0.2) is 0 Å². The molecule has 6 heteroatoms. The first-order valence-electron chi connectivity index (χ1n) is 9.78. The van der Waals surface area contributed by atoms with E-state index < -0.39 is 11.8 Å². The van der Waals surface area contributed by atoms with Gasteiger partial charge in [0.05, 0.1) is 17.9 Å². The van der Waals surface area contributed by atoms with E-state index >= 15 is 0 Å². The number of amides is 2. The maximum atomic E-state index is 12.5. The summed E-state index contributed by atoms with van der Waals surface area (Å²) >= 11 is 0. The van der Waals surface area contributed by atoms with Crippen LogP contribution in [0.1, 0.15) is 43.5 Å². The van der Waals surface area contributed by atoms with Crippen molar-refractivity contribution in [2.75, 3.05) is 5.32 Å². The summed E-state index contributed by atoms with van der Waals surface area (Å²) in [5.74, 6) is -1.36. The Morgan fingerprint density at radius 3 is 2.24 bits per heavy atom. The van der Waals surface area contributed by atoms with E-state index in [2.05, 4.69) is 27.9 Å². The Morgan fingerprint density at radius 1 is 0.966 bits per heavy atom. The topological polar surface area (TPSA) is 76.0 Å². The van der Waals surface area contributed by atoms with E-state index in [4.69, 9.17) is 0 Å². The average molecular weight is 390 g/mol. The van der Waals surface area contributed by atoms with Crippen LogP contribution in [0.15, 0.2) is 73.1 Å². The lowest BCUT2D eigenvalue weighted by Crippen LogP contribution is -2.38. The largest absolute Gasteiger partial charge is 0.341 e. The lowest BCUT2D eigenvalue weighted by Gasteiger charge is -2.19. The highest BCUT2D eigenvalue weighted by Crippen LogP contribution is 2.19. The van der Waals surface area contributed by atoms with Crippen LogP contribution in [0.5, 0.6) is 0 Å². The van der Waals surface area contributed by atoms with Crippen molar-refractivity contribution >= 4 is 17.5 Å². The summed E-state index contributed by atoms with van der Waals surface area (Å²) in [6.45, 7) is 3.98. The van der Waals surface area contributed by atoms with Gasteiger partial charge >= 0.3 is 11.8 Å². The van der Waals surface area contributed by atoms with Gasteiger partial charge in [0.2, 0.25) is 0 Å². The Labute approximate surface area is 170 Å². The number of aryl methyl sites for hydroxylation is 1. The first-order valence-corrected chi connectivity index (χ1v) is 9.78. The van der Waals surface area contributed by atoms with Gasteiger partial charge in [0.25, 0.3) is 0 Å². The summed E-state index contributed by atoms with van der Waals surface area (Å²) in [7, 11) is 0. The zero-order chi connectivity index (χ0) is 20.6. The number of rotatable bonds is 7. The minimum Gasteiger partial charge on any atom is -0.341 e. The van der Waals surface area contributed by atoms with Crippen LogP contribution in [-0.2, 0) is 16.0 Å². The second-order valence-corrected chi connectivity index (χ2v) is 7.22.